The Morgan fingerprint density at radius 3 is 2.81 bits per heavy atom. The smallest absolute Gasteiger partial charge is 0.253 e. The van der Waals surface area contributed by atoms with Gasteiger partial charge in [0.1, 0.15) is 5.82 Å². The van der Waals surface area contributed by atoms with Gasteiger partial charge < -0.3 is 10.2 Å². The van der Waals surface area contributed by atoms with E-state index in [0.717, 1.165) is 12.0 Å². The summed E-state index contributed by atoms with van der Waals surface area (Å²) in [7, 11) is 3.50. The van der Waals surface area contributed by atoms with E-state index in [2.05, 4.69) is 10.3 Å². The molecule has 0 bridgehead atoms. The van der Waals surface area contributed by atoms with Gasteiger partial charge in [-0.15, -0.1) is 0 Å². The third-order valence-corrected chi connectivity index (χ3v) is 3.35. The zero-order valence-electron chi connectivity index (χ0n) is 12.1. The van der Waals surface area contributed by atoms with Crippen molar-refractivity contribution in [1.29, 1.82) is 0 Å². The predicted octanol–water partition coefficient (Wildman–Crippen LogP) is 3.09. The van der Waals surface area contributed by atoms with E-state index in [1.165, 1.54) is 0 Å². The van der Waals surface area contributed by atoms with E-state index in [1.54, 1.807) is 37.3 Å². The number of hydrogen-bond acceptors (Lipinski definition) is 3. The number of nitrogens with zero attached hydrogens (tertiary/aromatic N) is 2. The van der Waals surface area contributed by atoms with Crippen molar-refractivity contribution in [2.24, 2.45) is 0 Å². The largest absolute Gasteiger partial charge is 0.369 e. The van der Waals surface area contributed by atoms with Crippen LogP contribution in [0.25, 0.3) is 0 Å². The molecular formula is C16H18ClN3O. The van der Waals surface area contributed by atoms with E-state index < -0.39 is 0 Å². The van der Waals surface area contributed by atoms with Gasteiger partial charge in [0.2, 0.25) is 0 Å². The summed E-state index contributed by atoms with van der Waals surface area (Å²) in [6.45, 7) is 0.705. The highest BCUT2D eigenvalue weighted by Crippen LogP contribution is 2.17. The van der Waals surface area contributed by atoms with Crippen LogP contribution >= 0.6 is 11.6 Å². The fourth-order valence-corrected chi connectivity index (χ4v) is 2.15. The minimum Gasteiger partial charge on any atom is -0.369 e. The molecule has 1 aromatic heterocycles. The zero-order chi connectivity index (χ0) is 15.2. The summed E-state index contributed by atoms with van der Waals surface area (Å²) >= 11 is 6.03. The number of anilines is 1. The molecule has 0 saturated heterocycles. The van der Waals surface area contributed by atoms with Crippen LogP contribution < -0.4 is 5.32 Å². The van der Waals surface area contributed by atoms with Gasteiger partial charge in [-0.3, -0.25) is 4.79 Å². The van der Waals surface area contributed by atoms with E-state index in [1.807, 2.05) is 24.3 Å². The number of hydrogen-bond donors (Lipinski definition) is 1. The van der Waals surface area contributed by atoms with Crippen LogP contribution in [0, 0.1) is 0 Å². The van der Waals surface area contributed by atoms with Crippen LogP contribution in [-0.2, 0) is 6.42 Å². The second-order valence-electron chi connectivity index (χ2n) is 4.91. The Labute approximate surface area is 129 Å². The molecule has 5 heteroatoms. The molecule has 1 heterocycles. The molecule has 0 aliphatic rings. The Kier molecular flexibility index (Phi) is 5.17. The standard InChI is InChI=1S/C16H18ClN3O/c1-20(2)16(21)13-6-3-5-12(11-13)8-10-19-15-14(17)7-4-9-18-15/h3-7,9,11H,8,10H2,1-2H3,(H,18,19). The number of halogens is 1. The third-order valence-electron chi connectivity index (χ3n) is 3.04. The van der Waals surface area contributed by atoms with E-state index >= 15 is 0 Å². The maximum absolute atomic E-state index is 11.9. The Morgan fingerprint density at radius 2 is 2.10 bits per heavy atom. The van der Waals surface area contributed by atoms with Crippen LogP contribution in [-0.4, -0.2) is 36.4 Å². The van der Waals surface area contributed by atoms with Gasteiger partial charge in [-0.1, -0.05) is 23.7 Å². The number of benzene rings is 1. The SMILES string of the molecule is CN(C)C(=O)c1cccc(CCNc2ncccc2Cl)c1. The lowest BCUT2D eigenvalue weighted by atomic mass is 10.1. The highest BCUT2D eigenvalue weighted by atomic mass is 35.5. The molecule has 0 aliphatic heterocycles. The lowest BCUT2D eigenvalue weighted by Crippen LogP contribution is -2.21. The van der Waals surface area contributed by atoms with Crippen molar-refractivity contribution in [2.45, 2.75) is 6.42 Å². The Balaban J connectivity index is 1.96. The summed E-state index contributed by atoms with van der Waals surface area (Å²) in [5.41, 5.74) is 1.80. The van der Waals surface area contributed by atoms with Gasteiger partial charge in [0.25, 0.3) is 5.91 Å². The van der Waals surface area contributed by atoms with Gasteiger partial charge in [0.05, 0.1) is 5.02 Å². The normalized spacial score (nSPS) is 10.2. The molecular weight excluding hydrogens is 286 g/mol. The van der Waals surface area contributed by atoms with Crippen molar-refractivity contribution in [3.8, 4) is 0 Å². The average Bonchev–Trinajstić information content (AvgIpc) is 2.48. The second-order valence-corrected chi connectivity index (χ2v) is 5.32. The van der Waals surface area contributed by atoms with E-state index in [-0.39, 0.29) is 5.91 Å². The molecule has 0 aliphatic carbocycles. The van der Waals surface area contributed by atoms with Crippen LogP contribution in [0.15, 0.2) is 42.6 Å². The molecule has 0 radical (unpaired) electrons. The number of carbonyl (C=O) groups excluding carboxylic acids is 1. The fraction of sp³-hybridized carbons (Fsp3) is 0.250. The molecule has 110 valence electrons. The van der Waals surface area contributed by atoms with Crippen molar-refractivity contribution >= 4 is 23.3 Å². The van der Waals surface area contributed by atoms with Crippen molar-refractivity contribution < 1.29 is 4.79 Å². The van der Waals surface area contributed by atoms with Gasteiger partial charge in [0, 0.05) is 32.4 Å². The quantitative estimate of drug-likeness (QED) is 0.923. The van der Waals surface area contributed by atoms with Crippen LogP contribution in [0.5, 0.6) is 0 Å². The minimum atomic E-state index is 0.0116. The van der Waals surface area contributed by atoms with Gasteiger partial charge in [-0.25, -0.2) is 4.98 Å². The van der Waals surface area contributed by atoms with Gasteiger partial charge in [-0.05, 0) is 36.2 Å². The number of amides is 1. The maximum atomic E-state index is 11.9. The molecule has 21 heavy (non-hydrogen) atoms. The summed E-state index contributed by atoms with van der Waals surface area (Å²) in [6.07, 6.45) is 2.49. The summed E-state index contributed by atoms with van der Waals surface area (Å²) in [5.74, 6) is 0.692. The number of nitrogens with one attached hydrogen (secondary N) is 1. The number of pyridine rings is 1. The molecule has 0 saturated carbocycles. The lowest BCUT2D eigenvalue weighted by Gasteiger charge is -2.11. The monoisotopic (exact) mass is 303 g/mol. The first-order chi connectivity index (χ1) is 10.1. The first-order valence-corrected chi connectivity index (χ1v) is 7.10. The van der Waals surface area contributed by atoms with Gasteiger partial charge in [-0.2, -0.15) is 0 Å². The highest BCUT2D eigenvalue weighted by Gasteiger charge is 2.08. The molecule has 1 amide bonds. The van der Waals surface area contributed by atoms with Crippen LogP contribution in [0.2, 0.25) is 5.02 Å². The number of carbonyl (C=O) groups is 1. The fourth-order valence-electron chi connectivity index (χ4n) is 1.96. The van der Waals surface area contributed by atoms with E-state index in [4.69, 9.17) is 11.6 Å². The Bertz CT molecular complexity index is 628. The Morgan fingerprint density at radius 1 is 1.29 bits per heavy atom. The topological polar surface area (TPSA) is 45.2 Å². The minimum absolute atomic E-state index is 0.0116. The number of aromatic nitrogens is 1. The molecule has 2 rings (SSSR count). The molecule has 2 aromatic rings. The summed E-state index contributed by atoms with van der Waals surface area (Å²) in [4.78, 5) is 17.7. The lowest BCUT2D eigenvalue weighted by molar-refractivity contribution is 0.0827. The van der Waals surface area contributed by atoms with E-state index in [9.17, 15) is 4.79 Å². The first-order valence-electron chi connectivity index (χ1n) is 6.73. The van der Waals surface area contributed by atoms with Crippen LogP contribution in [0.3, 0.4) is 0 Å². The molecule has 0 spiro atoms. The van der Waals surface area contributed by atoms with Gasteiger partial charge in [0.15, 0.2) is 0 Å². The summed E-state index contributed by atoms with van der Waals surface area (Å²) in [6, 6.07) is 11.3. The first kappa shape index (κ1) is 15.3. The summed E-state index contributed by atoms with van der Waals surface area (Å²) < 4.78 is 0. The number of rotatable bonds is 5. The predicted molar refractivity (Wildman–Crippen MR) is 85.9 cm³/mol. The van der Waals surface area contributed by atoms with E-state index in [0.29, 0.717) is 22.9 Å². The molecule has 1 aromatic carbocycles. The zero-order valence-corrected chi connectivity index (χ0v) is 12.9. The molecule has 1 N–H and O–H groups in total. The molecule has 4 nitrogen and oxygen atoms in total. The maximum Gasteiger partial charge on any atom is 0.253 e. The highest BCUT2D eigenvalue weighted by molar-refractivity contribution is 6.32. The molecule has 0 atom stereocenters. The second kappa shape index (κ2) is 7.09. The van der Waals surface area contributed by atoms with Gasteiger partial charge >= 0.3 is 0 Å². The van der Waals surface area contributed by atoms with Crippen molar-refractivity contribution in [2.75, 3.05) is 26.0 Å². The summed E-state index contributed by atoms with van der Waals surface area (Å²) in [5, 5.41) is 3.80. The average molecular weight is 304 g/mol. The molecule has 0 fully saturated rings. The van der Waals surface area contributed by atoms with Crippen LogP contribution in [0.4, 0.5) is 5.82 Å². The van der Waals surface area contributed by atoms with Crippen molar-refractivity contribution in [1.82, 2.24) is 9.88 Å². The molecule has 0 unspecified atom stereocenters. The Hall–Kier alpha value is -2.07. The van der Waals surface area contributed by atoms with Crippen LogP contribution in [0.1, 0.15) is 15.9 Å². The van der Waals surface area contributed by atoms with Crippen molar-refractivity contribution in [3.05, 3.63) is 58.7 Å². The third kappa shape index (κ3) is 4.20. The van der Waals surface area contributed by atoms with Crippen molar-refractivity contribution in [3.63, 3.8) is 0 Å².